The predicted molar refractivity (Wildman–Crippen MR) is 56.9 cm³/mol. The first-order valence-corrected chi connectivity index (χ1v) is 4.58. The SMILES string of the molecule is [2H]C(C=C)[C@H](O)COCc1ccccc1. The number of rotatable bonds is 6. The zero-order valence-corrected chi connectivity index (χ0v) is 8.10. The van der Waals surface area contributed by atoms with Crippen molar-refractivity contribution >= 4 is 0 Å². The minimum atomic E-state index is -0.800. The van der Waals surface area contributed by atoms with Gasteiger partial charge in [-0.25, -0.2) is 0 Å². The van der Waals surface area contributed by atoms with E-state index in [1.807, 2.05) is 30.3 Å². The summed E-state index contributed by atoms with van der Waals surface area (Å²) < 4.78 is 12.6. The van der Waals surface area contributed by atoms with Crippen LogP contribution in [0.3, 0.4) is 0 Å². The van der Waals surface area contributed by atoms with Gasteiger partial charge in [-0.05, 0) is 12.0 Å². The van der Waals surface area contributed by atoms with E-state index in [9.17, 15) is 5.11 Å². The Morgan fingerprint density at radius 1 is 1.50 bits per heavy atom. The van der Waals surface area contributed by atoms with Crippen molar-refractivity contribution in [1.29, 1.82) is 0 Å². The second-order valence-corrected chi connectivity index (χ2v) is 3.00. The average Bonchev–Trinajstić information content (AvgIpc) is 2.29. The summed E-state index contributed by atoms with van der Waals surface area (Å²) in [5.41, 5.74) is 1.06. The van der Waals surface area contributed by atoms with Crippen molar-refractivity contribution in [3.63, 3.8) is 0 Å². The zero-order valence-electron chi connectivity index (χ0n) is 9.10. The van der Waals surface area contributed by atoms with Gasteiger partial charge in [0.2, 0.25) is 0 Å². The first-order valence-electron chi connectivity index (χ1n) is 5.16. The van der Waals surface area contributed by atoms with Crippen LogP contribution in [0.15, 0.2) is 43.0 Å². The molecule has 0 radical (unpaired) electrons. The van der Waals surface area contributed by atoms with Crippen molar-refractivity contribution in [2.24, 2.45) is 0 Å². The van der Waals surface area contributed by atoms with E-state index in [4.69, 9.17) is 6.11 Å². The molecule has 0 aliphatic carbocycles. The summed E-state index contributed by atoms with van der Waals surface area (Å²) in [6, 6.07) is 9.73. The van der Waals surface area contributed by atoms with Crippen molar-refractivity contribution in [1.82, 2.24) is 0 Å². The second-order valence-electron chi connectivity index (χ2n) is 3.00. The Bertz CT molecular complexity index is 287. The molecule has 0 fully saturated rings. The maximum Gasteiger partial charge on any atom is 0.0808 e. The van der Waals surface area contributed by atoms with Crippen LogP contribution in [0.4, 0.5) is 0 Å². The molecule has 0 aliphatic heterocycles. The minimum absolute atomic E-state index is 0.162. The molecule has 0 saturated heterocycles. The first-order chi connectivity index (χ1) is 7.24. The molecule has 1 N–H and O–H groups in total. The molecule has 14 heavy (non-hydrogen) atoms. The highest BCUT2D eigenvalue weighted by molar-refractivity contribution is 5.13. The third kappa shape index (κ3) is 4.21. The van der Waals surface area contributed by atoms with E-state index in [1.54, 1.807) is 0 Å². The molecule has 0 heterocycles. The lowest BCUT2D eigenvalue weighted by Crippen LogP contribution is -2.13. The van der Waals surface area contributed by atoms with E-state index in [0.717, 1.165) is 5.56 Å². The van der Waals surface area contributed by atoms with E-state index >= 15 is 0 Å². The Morgan fingerprint density at radius 3 is 2.86 bits per heavy atom. The van der Waals surface area contributed by atoms with E-state index in [2.05, 4.69) is 6.58 Å². The quantitative estimate of drug-likeness (QED) is 0.701. The molecule has 2 atom stereocenters. The predicted octanol–water partition coefficient (Wildman–Crippen LogP) is 2.14. The van der Waals surface area contributed by atoms with Gasteiger partial charge in [-0.15, -0.1) is 6.58 Å². The normalized spacial score (nSPS) is 15.6. The van der Waals surface area contributed by atoms with Gasteiger partial charge in [0, 0.05) is 1.37 Å². The van der Waals surface area contributed by atoms with Crippen LogP contribution in [0.5, 0.6) is 0 Å². The minimum Gasteiger partial charge on any atom is -0.390 e. The highest BCUT2D eigenvalue weighted by Crippen LogP contribution is 2.01. The molecule has 1 aromatic carbocycles. The fraction of sp³-hybridized carbons (Fsp3) is 0.333. The third-order valence-electron chi connectivity index (χ3n) is 1.76. The number of hydrogen-bond donors (Lipinski definition) is 1. The summed E-state index contributed by atoms with van der Waals surface area (Å²) in [7, 11) is 0. The second kappa shape index (κ2) is 6.35. The summed E-state index contributed by atoms with van der Waals surface area (Å²) in [6.07, 6.45) is -0.0803. The van der Waals surface area contributed by atoms with E-state index < -0.39 is 12.5 Å². The number of aliphatic hydroxyl groups excluding tert-OH is 1. The molecule has 0 aromatic heterocycles. The fourth-order valence-corrected chi connectivity index (χ4v) is 1.08. The van der Waals surface area contributed by atoms with Crippen LogP contribution in [0, 0.1) is 0 Å². The molecule has 1 aromatic rings. The Kier molecular flexibility index (Phi) is 4.28. The van der Waals surface area contributed by atoms with Gasteiger partial charge in [-0.3, -0.25) is 0 Å². The van der Waals surface area contributed by atoms with Crippen LogP contribution >= 0.6 is 0 Å². The lowest BCUT2D eigenvalue weighted by Gasteiger charge is -2.08. The molecule has 0 bridgehead atoms. The van der Waals surface area contributed by atoms with E-state index in [1.165, 1.54) is 6.08 Å². The van der Waals surface area contributed by atoms with Crippen LogP contribution in [0.25, 0.3) is 0 Å². The molecule has 76 valence electrons. The molecular formula is C12H16O2. The Balaban J connectivity index is 2.25. The van der Waals surface area contributed by atoms with Crippen molar-refractivity contribution in [2.75, 3.05) is 6.61 Å². The molecule has 2 heteroatoms. The van der Waals surface area contributed by atoms with Crippen LogP contribution < -0.4 is 0 Å². The van der Waals surface area contributed by atoms with Gasteiger partial charge in [0.25, 0.3) is 0 Å². The number of ether oxygens (including phenoxy) is 1. The van der Waals surface area contributed by atoms with Crippen molar-refractivity contribution in [3.8, 4) is 0 Å². The standard InChI is InChI=1S/C12H16O2/c1-2-6-12(13)10-14-9-11-7-4-3-5-8-11/h2-5,7-8,12-13H,1,6,9-10H2/t12-/m0/s1/i6D/t6?,12-. The van der Waals surface area contributed by atoms with Crippen molar-refractivity contribution in [3.05, 3.63) is 48.6 Å². The van der Waals surface area contributed by atoms with Gasteiger partial charge in [0.05, 0.1) is 19.3 Å². The fourth-order valence-electron chi connectivity index (χ4n) is 1.08. The maximum atomic E-state index is 9.41. The lowest BCUT2D eigenvalue weighted by molar-refractivity contribution is 0.0301. The highest BCUT2D eigenvalue weighted by atomic mass is 16.5. The highest BCUT2D eigenvalue weighted by Gasteiger charge is 2.00. The summed E-state index contributed by atoms with van der Waals surface area (Å²) in [4.78, 5) is 0. The van der Waals surface area contributed by atoms with Gasteiger partial charge in [0.1, 0.15) is 0 Å². The monoisotopic (exact) mass is 193 g/mol. The molecular weight excluding hydrogens is 176 g/mol. The van der Waals surface area contributed by atoms with Crippen LogP contribution in [-0.2, 0) is 11.3 Å². The van der Waals surface area contributed by atoms with Gasteiger partial charge in [-0.1, -0.05) is 36.4 Å². The first kappa shape index (κ1) is 9.44. The number of hydrogen-bond acceptors (Lipinski definition) is 2. The summed E-state index contributed by atoms with van der Waals surface area (Å²) >= 11 is 0. The Hall–Kier alpha value is -1.12. The summed E-state index contributed by atoms with van der Waals surface area (Å²) in [5, 5.41) is 9.41. The van der Waals surface area contributed by atoms with Gasteiger partial charge < -0.3 is 9.84 Å². The van der Waals surface area contributed by atoms with E-state index in [0.29, 0.717) is 6.61 Å². The number of benzene rings is 1. The summed E-state index contributed by atoms with van der Waals surface area (Å²) in [6.45, 7) is 4.07. The van der Waals surface area contributed by atoms with Crippen molar-refractivity contribution < 1.29 is 11.2 Å². The van der Waals surface area contributed by atoms with Crippen LogP contribution in [0.2, 0.25) is 0 Å². The van der Waals surface area contributed by atoms with Gasteiger partial charge >= 0.3 is 0 Å². The van der Waals surface area contributed by atoms with Crippen molar-refractivity contribution in [2.45, 2.75) is 19.1 Å². The molecule has 1 rings (SSSR count). The Labute approximate surface area is 86.2 Å². The van der Waals surface area contributed by atoms with Crippen LogP contribution in [-0.4, -0.2) is 17.8 Å². The smallest absolute Gasteiger partial charge is 0.0808 e. The largest absolute Gasteiger partial charge is 0.390 e. The molecule has 2 nitrogen and oxygen atoms in total. The third-order valence-corrected chi connectivity index (χ3v) is 1.76. The molecule has 0 saturated carbocycles. The average molecular weight is 193 g/mol. The van der Waals surface area contributed by atoms with E-state index in [-0.39, 0.29) is 6.61 Å². The number of aliphatic hydroxyl groups is 1. The topological polar surface area (TPSA) is 29.5 Å². The molecule has 0 aliphatic rings. The van der Waals surface area contributed by atoms with Crippen LogP contribution in [0.1, 0.15) is 13.3 Å². The lowest BCUT2D eigenvalue weighted by atomic mass is 10.2. The summed E-state index contributed by atoms with van der Waals surface area (Å²) in [5.74, 6) is 0. The zero-order chi connectivity index (χ0) is 11.1. The van der Waals surface area contributed by atoms with Gasteiger partial charge in [-0.2, -0.15) is 0 Å². The molecule has 0 spiro atoms. The van der Waals surface area contributed by atoms with Gasteiger partial charge in [0.15, 0.2) is 0 Å². The Morgan fingerprint density at radius 2 is 2.21 bits per heavy atom. The molecule has 0 amide bonds. The molecule has 1 unspecified atom stereocenters. The maximum absolute atomic E-state index is 9.41.